The Morgan fingerprint density at radius 3 is 2.93 bits per heavy atom. The maximum absolute atomic E-state index is 4.58. The monoisotopic (exact) mass is 267 g/mol. The summed E-state index contributed by atoms with van der Waals surface area (Å²) in [6.07, 6.45) is 0. The average molecular weight is 268 g/mol. The largest absolute Gasteiger partial charge is 0.318 e. The van der Waals surface area contributed by atoms with E-state index in [4.69, 9.17) is 0 Å². The van der Waals surface area contributed by atoms with Crippen LogP contribution in [0.2, 0.25) is 0 Å². The number of nitrogens with one attached hydrogen (secondary N) is 1. The molecule has 2 aromatic rings. The molecule has 15 heavy (non-hydrogen) atoms. The lowest BCUT2D eigenvalue weighted by Crippen LogP contribution is -2.16. The van der Waals surface area contributed by atoms with E-state index in [1.807, 2.05) is 23.9 Å². The number of hydrogen-bond acceptors (Lipinski definition) is 2. The lowest BCUT2D eigenvalue weighted by atomic mass is 10.2. The maximum atomic E-state index is 4.58. The number of likely N-dealkylation sites (N-methyl/N-ethyl adjacent to an activating group) is 1. The normalized spacial score (nSPS) is 11.1. The number of halogens is 1. The van der Waals surface area contributed by atoms with Crippen molar-refractivity contribution in [3.8, 4) is 0 Å². The first-order valence-corrected chi connectivity index (χ1v) is 5.79. The van der Waals surface area contributed by atoms with E-state index in [0.29, 0.717) is 0 Å². The molecule has 0 fully saturated rings. The lowest BCUT2D eigenvalue weighted by molar-refractivity contribution is 0.576. The Balaban J connectivity index is 2.49. The van der Waals surface area contributed by atoms with Gasteiger partial charge >= 0.3 is 0 Å². The molecule has 0 aliphatic rings. The van der Waals surface area contributed by atoms with Gasteiger partial charge in [0.25, 0.3) is 0 Å². The quantitative estimate of drug-likeness (QED) is 0.925. The summed E-state index contributed by atoms with van der Waals surface area (Å²) in [6, 6.07) is 6.18. The molecule has 0 spiro atoms. The molecule has 1 aromatic carbocycles. The van der Waals surface area contributed by atoms with Crippen molar-refractivity contribution < 1.29 is 0 Å². The van der Waals surface area contributed by atoms with Crippen molar-refractivity contribution in [2.45, 2.75) is 13.5 Å². The van der Waals surface area contributed by atoms with Crippen LogP contribution in [0.15, 0.2) is 22.7 Å². The minimum atomic E-state index is 0.906. The molecule has 2 rings (SSSR count). The predicted octanol–water partition coefficient (Wildman–Crippen LogP) is 2.33. The van der Waals surface area contributed by atoms with Crippen LogP contribution in [-0.4, -0.2) is 23.4 Å². The van der Waals surface area contributed by atoms with Crippen LogP contribution < -0.4 is 5.32 Å². The molecular weight excluding hydrogens is 254 g/mol. The molecule has 80 valence electrons. The minimum absolute atomic E-state index is 0.906. The van der Waals surface area contributed by atoms with E-state index in [9.17, 15) is 0 Å². The van der Waals surface area contributed by atoms with Gasteiger partial charge in [-0.2, -0.15) is 5.10 Å². The molecule has 0 bridgehead atoms. The number of hydrogen-bond donors (Lipinski definition) is 1. The van der Waals surface area contributed by atoms with Gasteiger partial charge in [-0.1, -0.05) is 12.1 Å². The van der Waals surface area contributed by atoms with E-state index >= 15 is 0 Å². The van der Waals surface area contributed by atoms with E-state index in [2.05, 4.69) is 39.3 Å². The number of nitrogens with zero attached hydrogens (tertiary/aromatic N) is 2. The van der Waals surface area contributed by atoms with Crippen LogP contribution in [0.3, 0.4) is 0 Å². The third-order valence-electron chi connectivity index (χ3n) is 2.56. The number of benzene rings is 1. The van der Waals surface area contributed by atoms with Gasteiger partial charge in [-0.15, -0.1) is 0 Å². The third-order valence-corrected chi connectivity index (χ3v) is 3.20. The van der Waals surface area contributed by atoms with Crippen molar-refractivity contribution in [3.05, 3.63) is 28.4 Å². The van der Waals surface area contributed by atoms with Crippen molar-refractivity contribution >= 4 is 26.8 Å². The highest BCUT2D eigenvalue weighted by molar-refractivity contribution is 9.10. The molecule has 0 amide bonds. The molecule has 0 unspecified atom stereocenters. The smallest absolute Gasteiger partial charge is 0.107 e. The van der Waals surface area contributed by atoms with Gasteiger partial charge in [0.05, 0.1) is 6.54 Å². The van der Waals surface area contributed by atoms with Crippen molar-refractivity contribution in [2.24, 2.45) is 0 Å². The summed E-state index contributed by atoms with van der Waals surface area (Å²) in [5.41, 5.74) is 2.27. The number of fused-ring (bicyclic) bond motifs is 1. The molecule has 0 aliphatic carbocycles. The van der Waals surface area contributed by atoms with Gasteiger partial charge in [0.15, 0.2) is 0 Å². The first-order valence-electron chi connectivity index (χ1n) is 5.00. The molecule has 1 N–H and O–H groups in total. The second kappa shape index (κ2) is 4.33. The summed E-state index contributed by atoms with van der Waals surface area (Å²) in [5, 5.41) is 8.93. The number of rotatable bonds is 3. The highest BCUT2D eigenvalue weighted by Gasteiger charge is 2.08. The van der Waals surface area contributed by atoms with Gasteiger partial charge in [-0.3, -0.25) is 4.68 Å². The Morgan fingerprint density at radius 1 is 1.47 bits per heavy atom. The summed E-state index contributed by atoms with van der Waals surface area (Å²) >= 11 is 3.52. The van der Waals surface area contributed by atoms with Gasteiger partial charge in [0.2, 0.25) is 0 Å². The third kappa shape index (κ3) is 1.92. The van der Waals surface area contributed by atoms with Gasteiger partial charge in [0, 0.05) is 22.1 Å². The second-order valence-corrected chi connectivity index (χ2v) is 4.40. The highest BCUT2D eigenvalue weighted by Crippen LogP contribution is 2.24. The Kier molecular flexibility index (Phi) is 3.07. The second-order valence-electron chi connectivity index (χ2n) is 3.55. The maximum Gasteiger partial charge on any atom is 0.107 e. The number of aryl methyl sites for hydroxylation is 1. The van der Waals surface area contributed by atoms with Crippen molar-refractivity contribution in [1.82, 2.24) is 15.1 Å². The fraction of sp³-hybridized carbons (Fsp3) is 0.364. The Morgan fingerprint density at radius 2 is 2.27 bits per heavy atom. The van der Waals surface area contributed by atoms with Gasteiger partial charge < -0.3 is 5.32 Å². The zero-order valence-electron chi connectivity index (χ0n) is 8.92. The first kappa shape index (κ1) is 10.6. The molecule has 1 heterocycles. The topological polar surface area (TPSA) is 29.9 Å². The van der Waals surface area contributed by atoms with Crippen molar-refractivity contribution in [1.29, 1.82) is 0 Å². The molecule has 3 nitrogen and oxygen atoms in total. The van der Waals surface area contributed by atoms with Crippen LogP contribution >= 0.6 is 15.9 Å². The number of aromatic nitrogens is 2. The molecule has 0 aliphatic heterocycles. The molecule has 0 radical (unpaired) electrons. The standard InChI is InChI=1S/C11H14BrN3/c1-8-9-4-3-5-10(12)11(9)14-15(8)7-6-13-2/h3-5,13H,6-7H2,1-2H3. The Labute approximate surface area is 97.6 Å². The van der Waals surface area contributed by atoms with E-state index < -0.39 is 0 Å². The zero-order valence-corrected chi connectivity index (χ0v) is 10.5. The van der Waals surface area contributed by atoms with Crippen LogP contribution in [0, 0.1) is 6.92 Å². The summed E-state index contributed by atoms with van der Waals surface area (Å²) in [7, 11) is 1.95. The van der Waals surface area contributed by atoms with Gasteiger partial charge in [-0.25, -0.2) is 0 Å². The molecule has 0 saturated heterocycles. The molecule has 1 aromatic heterocycles. The molecule has 0 atom stereocenters. The SMILES string of the molecule is CNCCn1nc2c(Br)cccc2c1C. The average Bonchev–Trinajstić information content (AvgIpc) is 2.55. The lowest BCUT2D eigenvalue weighted by Gasteiger charge is -2.02. The van der Waals surface area contributed by atoms with Crippen LogP contribution in [-0.2, 0) is 6.54 Å². The summed E-state index contributed by atoms with van der Waals surface area (Å²) in [6.45, 7) is 3.95. The van der Waals surface area contributed by atoms with Crippen LogP contribution in [0.1, 0.15) is 5.69 Å². The fourth-order valence-corrected chi connectivity index (χ4v) is 2.12. The Bertz CT molecular complexity index is 476. The van der Waals surface area contributed by atoms with Gasteiger partial charge in [0.1, 0.15) is 5.52 Å². The van der Waals surface area contributed by atoms with Crippen LogP contribution in [0.5, 0.6) is 0 Å². The first-order chi connectivity index (χ1) is 7.24. The minimum Gasteiger partial charge on any atom is -0.318 e. The summed E-state index contributed by atoms with van der Waals surface area (Å²) < 4.78 is 3.11. The highest BCUT2D eigenvalue weighted by atomic mass is 79.9. The van der Waals surface area contributed by atoms with Crippen LogP contribution in [0.25, 0.3) is 10.9 Å². The van der Waals surface area contributed by atoms with Gasteiger partial charge in [-0.05, 0) is 36.0 Å². The zero-order chi connectivity index (χ0) is 10.8. The summed E-state index contributed by atoms with van der Waals surface area (Å²) in [4.78, 5) is 0. The molecule has 4 heteroatoms. The van der Waals surface area contributed by atoms with E-state index in [0.717, 1.165) is 23.1 Å². The summed E-state index contributed by atoms with van der Waals surface area (Å²) in [5.74, 6) is 0. The molecule has 0 saturated carbocycles. The van der Waals surface area contributed by atoms with Crippen molar-refractivity contribution in [2.75, 3.05) is 13.6 Å². The van der Waals surface area contributed by atoms with Crippen molar-refractivity contribution in [3.63, 3.8) is 0 Å². The van der Waals surface area contributed by atoms with E-state index in [1.54, 1.807) is 0 Å². The van der Waals surface area contributed by atoms with E-state index in [1.165, 1.54) is 11.1 Å². The Hall–Kier alpha value is -0.870. The van der Waals surface area contributed by atoms with Crippen LogP contribution in [0.4, 0.5) is 0 Å². The fourth-order valence-electron chi connectivity index (χ4n) is 1.68. The molecular formula is C11H14BrN3. The predicted molar refractivity (Wildman–Crippen MR) is 66.1 cm³/mol. The van der Waals surface area contributed by atoms with E-state index in [-0.39, 0.29) is 0 Å².